The van der Waals surface area contributed by atoms with Crippen molar-refractivity contribution < 1.29 is 44.2 Å². The van der Waals surface area contributed by atoms with Gasteiger partial charge < -0.3 is 15.2 Å². The highest BCUT2D eigenvalue weighted by atomic mass is 32.2. The van der Waals surface area contributed by atoms with Crippen LogP contribution in [-0.2, 0) is 30.1 Å². The Hall–Kier alpha value is -3.31. The molecule has 0 aromatic heterocycles. The highest BCUT2D eigenvalue weighted by Gasteiger charge is 2.25. The molecule has 0 aliphatic rings. The van der Waals surface area contributed by atoms with Gasteiger partial charge >= 0.3 is 0 Å². The minimum atomic E-state index is -5.04. The number of rotatable bonds is 7. The quantitative estimate of drug-likeness (QED) is 0.250. The van der Waals surface area contributed by atoms with Crippen molar-refractivity contribution in [3.63, 3.8) is 0 Å². The molecule has 0 heterocycles. The SMILES string of the molecule is CNc1cc(S(=O)(=O)O)cc2cc(S(=O)(=O)O)c(N=Nc3cc(S(C)(=O)=O)ccc3OC)c(O)c12. The van der Waals surface area contributed by atoms with Gasteiger partial charge in [-0.2, -0.15) is 16.8 Å². The van der Waals surface area contributed by atoms with Crippen LogP contribution in [0.2, 0.25) is 0 Å². The lowest BCUT2D eigenvalue weighted by Gasteiger charge is -2.14. The van der Waals surface area contributed by atoms with Gasteiger partial charge in [0, 0.05) is 24.4 Å². The van der Waals surface area contributed by atoms with E-state index in [1.165, 1.54) is 26.3 Å². The fourth-order valence-corrected chi connectivity index (χ4v) is 5.02. The van der Waals surface area contributed by atoms with Crippen molar-refractivity contribution in [1.82, 2.24) is 0 Å². The van der Waals surface area contributed by atoms with Crippen molar-refractivity contribution in [3.05, 3.63) is 36.4 Å². The standard InChI is InChI=1S/C19H19N3O10S3/c1-20-14-9-12(34(26,27)28)6-10-7-16(35(29,30)31)18(19(23)17(10)14)22-21-13-8-11(33(3,24)25)4-5-15(13)32-2/h4-9,20,23H,1-3H3,(H,26,27,28)(H,29,30,31). The van der Waals surface area contributed by atoms with E-state index >= 15 is 0 Å². The van der Waals surface area contributed by atoms with E-state index in [-0.39, 0.29) is 32.8 Å². The zero-order valence-corrected chi connectivity index (χ0v) is 20.7. The summed E-state index contributed by atoms with van der Waals surface area (Å²) < 4.78 is 95.3. The Morgan fingerprint density at radius 2 is 1.54 bits per heavy atom. The molecule has 0 radical (unpaired) electrons. The van der Waals surface area contributed by atoms with Crippen LogP contribution in [0.3, 0.4) is 0 Å². The molecular weight excluding hydrogens is 526 g/mol. The predicted molar refractivity (Wildman–Crippen MR) is 125 cm³/mol. The van der Waals surface area contributed by atoms with Crippen molar-refractivity contribution in [2.75, 3.05) is 25.7 Å². The minimum Gasteiger partial charge on any atom is -0.505 e. The maximum absolute atomic E-state index is 12.1. The number of nitrogens with one attached hydrogen (secondary N) is 1. The third kappa shape index (κ3) is 5.35. The number of methoxy groups -OCH3 is 1. The molecule has 0 spiro atoms. The van der Waals surface area contributed by atoms with E-state index in [1.807, 2.05) is 0 Å². The lowest BCUT2D eigenvalue weighted by molar-refractivity contribution is 0.415. The van der Waals surface area contributed by atoms with Crippen molar-refractivity contribution in [1.29, 1.82) is 0 Å². The first-order chi connectivity index (χ1) is 16.1. The van der Waals surface area contributed by atoms with Crippen LogP contribution in [0, 0.1) is 0 Å². The minimum absolute atomic E-state index is 0.0254. The molecule has 0 bridgehead atoms. The van der Waals surface area contributed by atoms with Crippen LogP contribution in [-0.4, -0.2) is 59.9 Å². The highest BCUT2D eigenvalue weighted by molar-refractivity contribution is 7.90. The van der Waals surface area contributed by atoms with Gasteiger partial charge in [0.15, 0.2) is 15.6 Å². The van der Waals surface area contributed by atoms with Gasteiger partial charge in [-0.1, -0.05) is 0 Å². The van der Waals surface area contributed by atoms with Gasteiger partial charge in [0.05, 0.1) is 16.9 Å². The van der Waals surface area contributed by atoms with E-state index in [9.17, 15) is 39.5 Å². The molecule has 0 amide bonds. The predicted octanol–water partition coefficient (Wildman–Crippen LogP) is 2.91. The Morgan fingerprint density at radius 3 is 2.06 bits per heavy atom. The van der Waals surface area contributed by atoms with Crippen LogP contribution in [0.1, 0.15) is 0 Å². The summed E-state index contributed by atoms with van der Waals surface area (Å²) in [6, 6.07) is 6.38. The number of phenols is 1. The van der Waals surface area contributed by atoms with Crippen LogP contribution < -0.4 is 10.1 Å². The molecule has 0 unspecified atom stereocenters. The van der Waals surface area contributed by atoms with E-state index in [0.29, 0.717) is 0 Å². The second-order valence-corrected chi connectivity index (χ2v) is 12.0. The average molecular weight is 546 g/mol. The Kier molecular flexibility index (Phi) is 6.80. The topological polar surface area (TPSA) is 209 Å². The van der Waals surface area contributed by atoms with Crippen molar-refractivity contribution in [2.24, 2.45) is 10.2 Å². The van der Waals surface area contributed by atoms with Crippen LogP contribution in [0.15, 0.2) is 61.3 Å². The Bertz CT molecular complexity index is 1700. The summed E-state index contributed by atoms with van der Waals surface area (Å²) in [5, 5.41) is 20.8. The molecule has 35 heavy (non-hydrogen) atoms. The van der Waals surface area contributed by atoms with Crippen molar-refractivity contribution >= 4 is 57.9 Å². The van der Waals surface area contributed by atoms with Crippen molar-refractivity contribution in [3.8, 4) is 11.5 Å². The van der Waals surface area contributed by atoms with E-state index in [1.54, 1.807) is 0 Å². The lowest BCUT2D eigenvalue weighted by Crippen LogP contribution is -2.03. The molecule has 4 N–H and O–H groups in total. The number of phenolic OH excluding ortho intramolecular Hbond substituents is 1. The Labute approximate surface area is 200 Å². The molecule has 0 atom stereocenters. The number of nitrogens with zero attached hydrogens (tertiary/aromatic N) is 2. The number of ether oxygens (including phenoxy) is 1. The third-order valence-corrected chi connectivity index (χ3v) is 7.61. The first-order valence-electron chi connectivity index (χ1n) is 9.34. The summed E-state index contributed by atoms with van der Waals surface area (Å²) in [7, 11) is -10.7. The molecule has 3 aromatic carbocycles. The molecule has 188 valence electrons. The fraction of sp³-hybridized carbons (Fsp3) is 0.158. The molecule has 13 nitrogen and oxygen atoms in total. The van der Waals surface area contributed by atoms with E-state index in [4.69, 9.17) is 4.74 Å². The normalized spacial score (nSPS) is 12.8. The first kappa shape index (κ1) is 26.3. The second kappa shape index (κ2) is 9.04. The van der Waals surface area contributed by atoms with E-state index < -0.39 is 51.3 Å². The largest absolute Gasteiger partial charge is 0.505 e. The number of hydrogen-bond acceptors (Lipinski definition) is 11. The second-order valence-electron chi connectivity index (χ2n) is 7.15. The molecule has 0 aliphatic carbocycles. The zero-order valence-electron chi connectivity index (χ0n) is 18.3. The smallest absolute Gasteiger partial charge is 0.296 e. The molecule has 16 heteroatoms. The maximum Gasteiger partial charge on any atom is 0.296 e. The lowest BCUT2D eigenvalue weighted by atomic mass is 10.1. The van der Waals surface area contributed by atoms with Crippen molar-refractivity contribution in [2.45, 2.75) is 14.7 Å². The molecule has 3 aromatic rings. The molecular formula is C19H19N3O10S3. The van der Waals surface area contributed by atoms with Gasteiger partial charge in [-0.25, -0.2) is 8.42 Å². The molecule has 0 fully saturated rings. The molecule has 0 saturated heterocycles. The van der Waals surface area contributed by atoms with E-state index in [2.05, 4.69) is 15.5 Å². The van der Waals surface area contributed by atoms with Gasteiger partial charge in [0.1, 0.15) is 22.0 Å². The molecule has 0 aliphatic heterocycles. The highest BCUT2D eigenvalue weighted by Crippen LogP contribution is 2.45. The molecule has 3 rings (SSSR count). The monoisotopic (exact) mass is 545 g/mol. The average Bonchev–Trinajstić information content (AvgIpc) is 2.75. The number of anilines is 1. The summed E-state index contributed by atoms with van der Waals surface area (Å²) in [4.78, 5) is -1.68. The number of fused-ring (bicyclic) bond motifs is 1. The fourth-order valence-electron chi connectivity index (χ4n) is 3.18. The maximum atomic E-state index is 12.1. The van der Waals surface area contributed by atoms with Gasteiger partial charge in [-0.3, -0.25) is 9.11 Å². The van der Waals surface area contributed by atoms with Gasteiger partial charge in [0.25, 0.3) is 20.2 Å². The van der Waals surface area contributed by atoms with Gasteiger partial charge in [-0.15, -0.1) is 10.2 Å². The summed E-state index contributed by atoms with van der Waals surface area (Å²) in [6.45, 7) is 0. The van der Waals surface area contributed by atoms with Gasteiger partial charge in [-0.05, 0) is 41.8 Å². The number of aromatic hydroxyl groups is 1. The number of sulfone groups is 1. The van der Waals surface area contributed by atoms with E-state index in [0.717, 1.165) is 30.5 Å². The zero-order chi connectivity index (χ0) is 26.3. The van der Waals surface area contributed by atoms with Crippen LogP contribution in [0.5, 0.6) is 11.5 Å². The number of benzene rings is 3. The Morgan fingerprint density at radius 1 is 0.886 bits per heavy atom. The number of hydrogen-bond donors (Lipinski definition) is 4. The summed E-state index contributed by atoms with van der Waals surface area (Å²) in [5.74, 6) is -0.730. The summed E-state index contributed by atoms with van der Waals surface area (Å²) in [5.41, 5.74) is -0.877. The van der Waals surface area contributed by atoms with Crippen LogP contribution in [0.4, 0.5) is 17.1 Å². The first-order valence-corrected chi connectivity index (χ1v) is 14.1. The van der Waals surface area contributed by atoms with Gasteiger partial charge in [0.2, 0.25) is 0 Å². The van der Waals surface area contributed by atoms with Crippen LogP contribution >= 0.6 is 0 Å². The molecule has 0 saturated carbocycles. The third-order valence-electron chi connectivity index (χ3n) is 4.80. The number of azo groups is 1. The summed E-state index contributed by atoms with van der Waals surface area (Å²) in [6.07, 6.45) is 0.960. The van der Waals surface area contributed by atoms with Crippen LogP contribution in [0.25, 0.3) is 10.8 Å². The summed E-state index contributed by atoms with van der Waals surface area (Å²) >= 11 is 0. The Balaban J connectivity index is 2.38.